The predicted octanol–water partition coefficient (Wildman–Crippen LogP) is 3.16. The molecular weight excluding hydrogens is 418 g/mol. The van der Waals surface area contributed by atoms with Crippen molar-refractivity contribution in [3.8, 4) is 0 Å². The van der Waals surface area contributed by atoms with E-state index in [0.29, 0.717) is 34.9 Å². The van der Waals surface area contributed by atoms with Gasteiger partial charge in [0.05, 0.1) is 17.6 Å². The molecule has 0 radical (unpaired) electrons. The first-order chi connectivity index (χ1) is 14.9. The lowest BCUT2D eigenvalue weighted by Gasteiger charge is -2.35. The maximum atomic E-state index is 13.0. The van der Waals surface area contributed by atoms with E-state index in [4.69, 9.17) is 4.42 Å². The van der Waals surface area contributed by atoms with Crippen LogP contribution in [0.4, 0.5) is 10.8 Å². The van der Waals surface area contributed by atoms with Gasteiger partial charge < -0.3 is 15.1 Å². The van der Waals surface area contributed by atoms with Crippen molar-refractivity contribution >= 4 is 50.7 Å². The number of nitrogens with zero attached hydrogens (tertiary/aromatic N) is 3. The maximum Gasteiger partial charge on any atom is 0.241 e. The zero-order valence-electron chi connectivity index (χ0n) is 17.3. The highest BCUT2D eigenvalue weighted by Crippen LogP contribution is 2.31. The number of carbonyl (C=O) groups is 3. The molecular formula is C21H23N5O4S. The number of hydrogen-bond acceptors (Lipinski definition) is 8. The number of amides is 2. The first kappa shape index (κ1) is 21.1. The number of piperidine rings is 1. The first-order valence-electron chi connectivity index (χ1n) is 10.1. The standard InChI is InChI=1S/C21H23N5O4S/c1-12(26-9-5-6-14(10-26)20(29)24-21-25-22-11-31-21)19(28)23-17-15-7-3-4-8-16(15)30-18(17)13(2)27/h3-4,7-8,11-12,14H,5-6,9-10H2,1-2H3,(H,23,28)(H,24,25,29). The molecule has 31 heavy (non-hydrogen) atoms. The molecule has 1 aromatic carbocycles. The number of Topliss-reactive ketones (excluding diaryl/α,β-unsaturated/α-hetero) is 1. The van der Waals surface area contributed by atoms with Gasteiger partial charge in [-0.1, -0.05) is 23.5 Å². The molecule has 1 fully saturated rings. The Hall–Kier alpha value is -3.11. The molecule has 3 aromatic rings. The SMILES string of the molecule is CC(=O)c1oc2ccccc2c1NC(=O)C(C)N1CCCC(C(=O)Nc2nncs2)C1. The second-order valence-electron chi connectivity index (χ2n) is 7.59. The normalized spacial score (nSPS) is 17.9. The van der Waals surface area contributed by atoms with E-state index in [0.717, 1.165) is 12.8 Å². The maximum absolute atomic E-state index is 13.0. The minimum atomic E-state index is -0.481. The highest BCUT2D eigenvalue weighted by Gasteiger charge is 2.32. The molecule has 162 valence electrons. The van der Waals surface area contributed by atoms with Crippen LogP contribution in [0.3, 0.4) is 0 Å². The van der Waals surface area contributed by atoms with Gasteiger partial charge in [0.25, 0.3) is 0 Å². The average Bonchev–Trinajstić information content (AvgIpc) is 3.41. The van der Waals surface area contributed by atoms with Gasteiger partial charge in [0.2, 0.25) is 16.9 Å². The molecule has 2 N–H and O–H groups in total. The fraction of sp³-hybridized carbons (Fsp3) is 0.381. The number of likely N-dealkylation sites (tertiary alicyclic amines) is 1. The Morgan fingerprint density at radius 2 is 2.06 bits per heavy atom. The molecule has 2 atom stereocenters. The quantitative estimate of drug-likeness (QED) is 0.564. The summed E-state index contributed by atoms with van der Waals surface area (Å²) in [7, 11) is 0. The van der Waals surface area contributed by atoms with Crippen molar-refractivity contribution in [1.29, 1.82) is 0 Å². The summed E-state index contributed by atoms with van der Waals surface area (Å²) in [5.74, 6) is -0.733. The molecule has 3 heterocycles. The Balaban J connectivity index is 1.46. The minimum Gasteiger partial charge on any atom is -0.451 e. The van der Waals surface area contributed by atoms with E-state index in [1.807, 2.05) is 17.0 Å². The molecule has 9 nitrogen and oxygen atoms in total. The Morgan fingerprint density at radius 1 is 1.26 bits per heavy atom. The highest BCUT2D eigenvalue weighted by atomic mass is 32.1. The second-order valence-corrected chi connectivity index (χ2v) is 8.42. The number of fused-ring (bicyclic) bond motifs is 1. The number of aromatic nitrogens is 2. The van der Waals surface area contributed by atoms with Crippen molar-refractivity contribution < 1.29 is 18.8 Å². The van der Waals surface area contributed by atoms with Crippen molar-refractivity contribution in [2.24, 2.45) is 5.92 Å². The van der Waals surface area contributed by atoms with Gasteiger partial charge >= 0.3 is 0 Å². The topological polar surface area (TPSA) is 117 Å². The van der Waals surface area contributed by atoms with Gasteiger partial charge in [0, 0.05) is 18.9 Å². The van der Waals surface area contributed by atoms with Crippen LogP contribution >= 0.6 is 11.3 Å². The van der Waals surface area contributed by atoms with E-state index < -0.39 is 6.04 Å². The Bertz CT molecular complexity index is 1110. The van der Waals surface area contributed by atoms with Crippen molar-refractivity contribution in [2.75, 3.05) is 23.7 Å². The molecule has 2 unspecified atom stereocenters. The molecule has 2 amide bonds. The molecule has 0 saturated carbocycles. The molecule has 1 aliphatic rings. The van der Waals surface area contributed by atoms with Gasteiger partial charge in [-0.05, 0) is 38.4 Å². The molecule has 10 heteroatoms. The molecule has 0 aliphatic carbocycles. The summed E-state index contributed by atoms with van der Waals surface area (Å²) >= 11 is 1.27. The van der Waals surface area contributed by atoms with Crippen LogP contribution in [-0.2, 0) is 9.59 Å². The number of carbonyl (C=O) groups excluding carboxylic acids is 3. The first-order valence-corrected chi connectivity index (χ1v) is 11.0. The molecule has 0 bridgehead atoms. The van der Waals surface area contributed by atoms with Gasteiger partial charge in [-0.25, -0.2) is 0 Å². The van der Waals surface area contributed by atoms with Gasteiger partial charge in [0.1, 0.15) is 11.1 Å². The number of para-hydroxylation sites is 1. The second kappa shape index (κ2) is 8.94. The largest absolute Gasteiger partial charge is 0.451 e. The number of nitrogens with one attached hydrogen (secondary N) is 2. The molecule has 1 aliphatic heterocycles. The molecule has 1 saturated heterocycles. The van der Waals surface area contributed by atoms with Crippen molar-refractivity contribution in [1.82, 2.24) is 15.1 Å². The van der Waals surface area contributed by atoms with Gasteiger partial charge in [0.15, 0.2) is 11.5 Å². The zero-order chi connectivity index (χ0) is 22.0. The van der Waals surface area contributed by atoms with Crippen LogP contribution in [0.1, 0.15) is 37.2 Å². The van der Waals surface area contributed by atoms with Crippen LogP contribution in [0, 0.1) is 5.92 Å². The number of rotatable bonds is 6. The fourth-order valence-corrected chi connectivity index (χ4v) is 4.27. The van der Waals surface area contributed by atoms with Gasteiger partial charge in [-0.15, -0.1) is 10.2 Å². The minimum absolute atomic E-state index is 0.117. The zero-order valence-corrected chi connectivity index (χ0v) is 18.1. The van der Waals surface area contributed by atoms with E-state index in [1.54, 1.807) is 24.6 Å². The number of hydrogen-bond donors (Lipinski definition) is 2. The van der Waals surface area contributed by atoms with Gasteiger partial charge in [-0.2, -0.15) is 0 Å². The van der Waals surface area contributed by atoms with E-state index in [9.17, 15) is 14.4 Å². The summed E-state index contributed by atoms with van der Waals surface area (Å²) in [6.45, 7) is 4.38. The third-order valence-electron chi connectivity index (χ3n) is 5.50. The van der Waals surface area contributed by atoms with Gasteiger partial charge in [-0.3, -0.25) is 19.3 Å². The molecule has 0 spiro atoms. The Kier molecular flexibility index (Phi) is 6.10. The third-order valence-corrected chi connectivity index (χ3v) is 6.11. The van der Waals surface area contributed by atoms with Crippen molar-refractivity contribution in [2.45, 2.75) is 32.7 Å². The summed E-state index contributed by atoms with van der Waals surface area (Å²) < 4.78 is 5.64. The molecule has 4 rings (SSSR count). The van der Waals surface area contributed by atoms with E-state index in [-0.39, 0.29) is 29.3 Å². The highest BCUT2D eigenvalue weighted by molar-refractivity contribution is 7.13. The van der Waals surface area contributed by atoms with Crippen LogP contribution in [0.5, 0.6) is 0 Å². The van der Waals surface area contributed by atoms with Crippen molar-refractivity contribution in [3.05, 3.63) is 35.5 Å². The number of furan rings is 1. The summed E-state index contributed by atoms with van der Waals surface area (Å²) in [5.41, 5.74) is 2.49. The lowest BCUT2D eigenvalue weighted by atomic mass is 9.96. The Labute approximate surface area is 182 Å². The predicted molar refractivity (Wildman–Crippen MR) is 117 cm³/mol. The van der Waals surface area contributed by atoms with Crippen LogP contribution in [0.15, 0.2) is 34.2 Å². The van der Waals surface area contributed by atoms with Crippen LogP contribution in [0.25, 0.3) is 11.0 Å². The fourth-order valence-electron chi connectivity index (χ4n) is 3.82. The summed E-state index contributed by atoms with van der Waals surface area (Å²) in [5, 5.41) is 14.4. The van der Waals surface area contributed by atoms with E-state index in [2.05, 4.69) is 20.8 Å². The van der Waals surface area contributed by atoms with Crippen molar-refractivity contribution in [3.63, 3.8) is 0 Å². The number of anilines is 2. The van der Waals surface area contributed by atoms with E-state index >= 15 is 0 Å². The summed E-state index contributed by atoms with van der Waals surface area (Å²) in [6, 6.07) is 6.72. The Morgan fingerprint density at radius 3 is 2.81 bits per heavy atom. The number of ketones is 1. The van der Waals surface area contributed by atoms with Crippen LogP contribution < -0.4 is 10.6 Å². The summed E-state index contributed by atoms with van der Waals surface area (Å²) in [4.78, 5) is 39.6. The number of benzene rings is 1. The molecule has 2 aromatic heterocycles. The lowest BCUT2D eigenvalue weighted by Crippen LogP contribution is -2.49. The monoisotopic (exact) mass is 441 g/mol. The smallest absolute Gasteiger partial charge is 0.241 e. The lowest BCUT2D eigenvalue weighted by molar-refractivity contribution is -0.125. The van der Waals surface area contributed by atoms with Crippen LogP contribution in [-0.4, -0.2) is 51.8 Å². The summed E-state index contributed by atoms with van der Waals surface area (Å²) in [6.07, 6.45) is 1.55. The van der Waals surface area contributed by atoms with Crippen LogP contribution in [0.2, 0.25) is 0 Å². The van der Waals surface area contributed by atoms with E-state index in [1.165, 1.54) is 18.3 Å². The average molecular weight is 442 g/mol. The third kappa shape index (κ3) is 4.49.